The summed E-state index contributed by atoms with van der Waals surface area (Å²) in [6, 6.07) is 1.26. The predicted octanol–water partition coefficient (Wildman–Crippen LogP) is 0.857. The highest BCUT2D eigenvalue weighted by atomic mass is 16.1. The molecule has 0 radical (unpaired) electrons. The molecule has 0 saturated heterocycles. The van der Waals surface area contributed by atoms with E-state index in [9.17, 15) is 4.79 Å². The molecule has 17 heavy (non-hydrogen) atoms. The first-order valence-corrected chi connectivity index (χ1v) is 6.86. The molecule has 2 aliphatic rings. The van der Waals surface area contributed by atoms with E-state index in [0.29, 0.717) is 6.04 Å². The normalized spacial score (nSPS) is 33.9. The summed E-state index contributed by atoms with van der Waals surface area (Å²) in [4.78, 5) is 14.2. The van der Waals surface area contributed by atoms with Crippen molar-refractivity contribution in [1.82, 2.24) is 10.2 Å². The molecule has 0 aromatic carbocycles. The minimum atomic E-state index is -0.447. The summed E-state index contributed by atoms with van der Waals surface area (Å²) < 4.78 is 0. The molecule has 3 N–H and O–H groups in total. The Morgan fingerprint density at radius 3 is 2.59 bits per heavy atom. The van der Waals surface area contributed by atoms with Crippen molar-refractivity contribution in [2.24, 2.45) is 5.73 Å². The van der Waals surface area contributed by atoms with Crippen molar-refractivity contribution in [3.8, 4) is 0 Å². The van der Waals surface area contributed by atoms with Gasteiger partial charge in [0.2, 0.25) is 5.91 Å². The van der Waals surface area contributed by atoms with Crippen LogP contribution < -0.4 is 11.1 Å². The second kappa shape index (κ2) is 4.94. The Kier molecular flexibility index (Phi) is 3.73. The number of nitrogens with zero attached hydrogens (tertiary/aromatic N) is 1. The molecule has 4 heteroatoms. The highest BCUT2D eigenvalue weighted by Crippen LogP contribution is 2.36. The van der Waals surface area contributed by atoms with Gasteiger partial charge in [-0.15, -0.1) is 0 Å². The molecule has 0 aliphatic heterocycles. The molecular formula is C13H25N3O. The highest BCUT2D eigenvalue weighted by molar-refractivity contribution is 5.85. The number of nitrogens with two attached hydrogens (primary N) is 1. The summed E-state index contributed by atoms with van der Waals surface area (Å²) in [5, 5.41) is 3.32. The summed E-state index contributed by atoms with van der Waals surface area (Å²) in [7, 11) is 2.21. The van der Waals surface area contributed by atoms with Gasteiger partial charge in [-0.3, -0.25) is 4.79 Å². The lowest BCUT2D eigenvalue weighted by molar-refractivity contribution is -0.124. The van der Waals surface area contributed by atoms with E-state index < -0.39 is 5.54 Å². The number of primary amides is 1. The van der Waals surface area contributed by atoms with Crippen molar-refractivity contribution in [1.29, 1.82) is 0 Å². The third kappa shape index (κ3) is 2.33. The van der Waals surface area contributed by atoms with Gasteiger partial charge in [0.15, 0.2) is 0 Å². The van der Waals surface area contributed by atoms with Crippen LogP contribution in [0.2, 0.25) is 0 Å². The van der Waals surface area contributed by atoms with Crippen LogP contribution in [-0.2, 0) is 4.79 Å². The van der Waals surface area contributed by atoms with Gasteiger partial charge in [0.05, 0.1) is 5.54 Å². The Labute approximate surface area is 104 Å². The number of carbonyl (C=O) groups excluding carboxylic acids is 1. The van der Waals surface area contributed by atoms with Crippen molar-refractivity contribution in [3.05, 3.63) is 0 Å². The number of likely N-dealkylation sites (N-methyl/N-ethyl adjacent to an activating group) is 1. The average Bonchev–Trinajstić information content (AvgIpc) is 2.61. The molecule has 2 aliphatic carbocycles. The van der Waals surface area contributed by atoms with Crippen LogP contribution in [0, 0.1) is 0 Å². The van der Waals surface area contributed by atoms with Crippen LogP contribution in [0.15, 0.2) is 0 Å². The first-order valence-electron chi connectivity index (χ1n) is 6.86. The first-order chi connectivity index (χ1) is 8.09. The monoisotopic (exact) mass is 239 g/mol. The SMILES string of the molecule is CCNC1(C(N)=O)CCC(N(C)C2CCC2)C1. The molecule has 0 heterocycles. The van der Waals surface area contributed by atoms with Gasteiger partial charge >= 0.3 is 0 Å². The van der Waals surface area contributed by atoms with E-state index in [0.717, 1.165) is 31.8 Å². The van der Waals surface area contributed by atoms with Gasteiger partial charge in [-0.05, 0) is 45.7 Å². The van der Waals surface area contributed by atoms with E-state index in [1.54, 1.807) is 0 Å². The molecule has 2 unspecified atom stereocenters. The Bertz CT molecular complexity index is 290. The van der Waals surface area contributed by atoms with Gasteiger partial charge in [-0.25, -0.2) is 0 Å². The summed E-state index contributed by atoms with van der Waals surface area (Å²) in [5.41, 5.74) is 5.14. The Morgan fingerprint density at radius 2 is 2.12 bits per heavy atom. The van der Waals surface area contributed by atoms with Gasteiger partial charge in [-0.1, -0.05) is 13.3 Å². The molecule has 2 fully saturated rings. The number of hydrogen-bond acceptors (Lipinski definition) is 3. The molecule has 4 nitrogen and oxygen atoms in total. The van der Waals surface area contributed by atoms with E-state index in [4.69, 9.17) is 5.73 Å². The molecule has 2 rings (SSSR count). The van der Waals surface area contributed by atoms with Gasteiger partial charge in [-0.2, -0.15) is 0 Å². The minimum Gasteiger partial charge on any atom is -0.368 e. The molecule has 2 saturated carbocycles. The lowest BCUT2D eigenvalue weighted by Crippen LogP contribution is -2.55. The van der Waals surface area contributed by atoms with Crippen LogP contribution in [0.4, 0.5) is 0 Å². The molecule has 0 aromatic heterocycles. The summed E-state index contributed by atoms with van der Waals surface area (Å²) in [5.74, 6) is -0.177. The standard InChI is InChI=1S/C13H25N3O/c1-3-15-13(12(14)17)8-7-11(9-13)16(2)10-5-4-6-10/h10-11,15H,3-9H2,1-2H3,(H2,14,17). The Balaban J connectivity index is 1.98. The van der Waals surface area contributed by atoms with E-state index in [-0.39, 0.29) is 5.91 Å². The zero-order chi connectivity index (χ0) is 12.5. The van der Waals surface area contributed by atoms with Gasteiger partial charge in [0, 0.05) is 12.1 Å². The zero-order valence-electron chi connectivity index (χ0n) is 11.0. The van der Waals surface area contributed by atoms with Crippen LogP contribution in [0.1, 0.15) is 45.4 Å². The lowest BCUT2D eigenvalue weighted by Gasteiger charge is -2.39. The van der Waals surface area contributed by atoms with Crippen molar-refractivity contribution >= 4 is 5.91 Å². The predicted molar refractivity (Wildman–Crippen MR) is 68.6 cm³/mol. The maximum Gasteiger partial charge on any atom is 0.237 e. The van der Waals surface area contributed by atoms with Gasteiger partial charge in [0.25, 0.3) is 0 Å². The highest BCUT2D eigenvalue weighted by Gasteiger charge is 2.45. The summed E-state index contributed by atoms with van der Waals surface area (Å²) in [6.07, 6.45) is 6.84. The second-order valence-corrected chi connectivity index (χ2v) is 5.62. The molecule has 0 spiro atoms. The van der Waals surface area contributed by atoms with Crippen molar-refractivity contribution in [2.75, 3.05) is 13.6 Å². The van der Waals surface area contributed by atoms with Gasteiger partial charge in [0.1, 0.15) is 0 Å². The number of amides is 1. The van der Waals surface area contributed by atoms with Crippen molar-refractivity contribution in [3.63, 3.8) is 0 Å². The van der Waals surface area contributed by atoms with E-state index >= 15 is 0 Å². The third-order valence-corrected chi connectivity index (χ3v) is 4.70. The largest absolute Gasteiger partial charge is 0.368 e. The minimum absolute atomic E-state index is 0.177. The van der Waals surface area contributed by atoms with Crippen LogP contribution in [0.3, 0.4) is 0 Å². The average molecular weight is 239 g/mol. The van der Waals surface area contributed by atoms with Gasteiger partial charge < -0.3 is 16.0 Å². The quantitative estimate of drug-likeness (QED) is 0.748. The molecule has 0 bridgehead atoms. The van der Waals surface area contributed by atoms with E-state index in [1.165, 1.54) is 19.3 Å². The van der Waals surface area contributed by atoms with Crippen molar-refractivity contribution in [2.45, 2.75) is 63.1 Å². The number of carbonyl (C=O) groups is 1. The lowest BCUT2D eigenvalue weighted by atomic mass is 9.90. The number of hydrogen-bond donors (Lipinski definition) is 2. The fourth-order valence-corrected chi connectivity index (χ4v) is 3.27. The molecule has 2 atom stereocenters. The van der Waals surface area contributed by atoms with E-state index in [2.05, 4.69) is 17.3 Å². The van der Waals surface area contributed by atoms with Crippen LogP contribution in [0.25, 0.3) is 0 Å². The fourth-order valence-electron chi connectivity index (χ4n) is 3.27. The molecule has 1 amide bonds. The molecule has 98 valence electrons. The topological polar surface area (TPSA) is 58.4 Å². The van der Waals surface area contributed by atoms with Crippen LogP contribution in [-0.4, -0.2) is 42.0 Å². The maximum absolute atomic E-state index is 11.7. The fraction of sp³-hybridized carbons (Fsp3) is 0.923. The van der Waals surface area contributed by atoms with Crippen molar-refractivity contribution < 1.29 is 4.79 Å². The zero-order valence-corrected chi connectivity index (χ0v) is 11.0. The Hall–Kier alpha value is -0.610. The van der Waals surface area contributed by atoms with Crippen LogP contribution >= 0.6 is 0 Å². The second-order valence-electron chi connectivity index (χ2n) is 5.62. The smallest absolute Gasteiger partial charge is 0.237 e. The first kappa shape index (κ1) is 12.8. The molecular weight excluding hydrogens is 214 g/mol. The summed E-state index contributed by atoms with van der Waals surface area (Å²) in [6.45, 7) is 2.84. The summed E-state index contributed by atoms with van der Waals surface area (Å²) >= 11 is 0. The number of rotatable bonds is 5. The maximum atomic E-state index is 11.7. The third-order valence-electron chi connectivity index (χ3n) is 4.70. The van der Waals surface area contributed by atoms with Crippen LogP contribution in [0.5, 0.6) is 0 Å². The molecule has 0 aromatic rings. The van der Waals surface area contributed by atoms with E-state index in [1.807, 2.05) is 6.92 Å². The number of nitrogens with one attached hydrogen (secondary N) is 1. The Morgan fingerprint density at radius 1 is 1.41 bits per heavy atom.